The van der Waals surface area contributed by atoms with Gasteiger partial charge < -0.3 is 25.7 Å². The average Bonchev–Trinajstić information content (AvgIpc) is 3.17. The first-order valence-electron chi connectivity index (χ1n) is 10.7. The number of anilines is 2. The highest BCUT2D eigenvalue weighted by molar-refractivity contribution is 6.67. The first-order chi connectivity index (χ1) is 17.6. The van der Waals surface area contributed by atoms with E-state index < -0.39 is 11.1 Å². The number of nitrogen functional groups attached to an aromatic ring is 1. The number of hydrogen-bond donors (Lipinski definition) is 3. The molecule has 13 heteroatoms. The number of hydrogen-bond acceptors (Lipinski definition) is 7. The van der Waals surface area contributed by atoms with E-state index >= 15 is 0 Å². The van der Waals surface area contributed by atoms with Crippen LogP contribution in [0.4, 0.5) is 15.8 Å². The van der Waals surface area contributed by atoms with Gasteiger partial charge in [0, 0.05) is 25.4 Å². The molecule has 0 spiro atoms. The summed E-state index contributed by atoms with van der Waals surface area (Å²) in [5.74, 6) is -0.496. The first kappa shape index (κ1) is 25.9. The van der Waals surface area contributed by atoms with Crippen LogP contribution in [0.5, 0.6) is 5.75 Å². The monoisotopic (exact) mass is 544 g/mol. The molecule has 2 aromatic heterocycles. The molecule has 4 N–H and O–H groups in total. The van der Waals surface area contributed by atoms with Crippen molar-refractivity contribution in [3.63, 3.8) is 0 Å². The van der Waals surface area contributed by atoms with Crippen LogP contribution in [0.3, 0.4) is 0 Å². The zero-order valence-electron chi connectivity index (χ0n) is 19.2. The van der Waals surface area contributed by atoms with E-state index in [9.17, 15) is 18.8 Å². The molecule has 2 aromatic carbocycles. The molecule has 0 atom stereocenters. The maximum absolute atomic E-state index is 12.6. The molecular weight excluding hydrogens is 526 g/mol. The fourth-order valence-electron chi connectivity index (χ4n) is 3.55. The number of carbonyl (C=O) groups excluding carboxylic acids is 3. The Morgan fingerprint density at radius 1 is 1.24 bits per heavy atom. The van der Waals surface area contributed by atoms with Gasteiger partial charge in [0.1, 0.15) is 28.9 Å². The van der Waals surface area contributed by atoms with E-state index in [4.69, 9.17) is 33.7 Å². The normalized spacial score (nSPS) is 12.1. The fraction of sp³-hybridized carbons (Fsp3) is 0.125. The van der Waals surface area contributed by atoms with Gasteiger partial charge in [0.2, 0.25) is 0 Å². The van der Waals surface area contributed by atoms with Gasteiger partial charge in [0.05, 0.1) is 16.4 Å². The molecule has 37 heavy (non-hydrogen) atoms. The molecule has 10 nitrogen and oxygen atoms in total. The van der Waals surface area contributed by atoms with E-state index in [1.165, 1.54) is 18.5 Å². The topological polar surface area (TPSA) is 141 Å². The van der Waals surface area contributed by atoms with Gasteiger partial charge in [-0.15, -0.1) is 0 Å². The van der Waals surface area contributed by atoms with Crippen molar-refractivity contribution in [2.24, 2.45) is 7.05 Å². The van der Waals surface area contributed by atoms with Gasteiger partial charge in [0.25, 0.3) is 17.1 Å². The zero-order chi connectivity index (χ0) is 26.7. The lowest BCUT2D eigenvalue weighted by molar-refractivity contribution is -0.118. The van der Waals surface area contributed by atoms with Gasteiger partial charge in [-0.25, -0.2) is 14.4 Å². The summed E-state index contributed by atoms with van der Waals surface area (Å²) in [5, 5.41) is 4.82. The maximum Gasteiger partial charge on any atom is 0.272 e. The average molecular weight is 545 g/mol. The Balaban J connectivity index is 0.000000245. The first-order valence-corrected chi connectivity index (χ1v) is 11.4. The maximum atomic E-state index is 12.6. The van der Waals surface area contributed by atoms with Crippen LogP contribution < -0.4 is 21.1 Å². The third-order valence-corrected chi connectivity index (χ3v) is 5.78. The molecule has 0 fully saturated rings. The lowest BCUT2D eigenvalue weighted by atomic mass is 10.1. The SMILES string of the molecule is Cn1cc(N)c2ncnc(C(=O)NCc3ccc4c(c3)NC(=O)CO4)c21.O=C(Cl)c1ccc(F)c(Cl)c1. The summed E-state index contributed by atoms with van der Waals surface area (Å²) in [7, 11) is 1.78. The molecule has 1 aliphatic heterocycles. The number of nitrogens with one attached hydrogen (secondary N) is 2. The lowest BCUT2D eigenvalue weighted by Gasteiger charge is -2.18. The summed E-state index contributed by atoms with van der Waals surface area (Å²) >= 11 is 10.5. The van der Waals surface area contributed by atoms with Crippen molar-refractivity contribution >= 4 is 62.7 Å². The van der Waals surface area contributed by atoms with E-state index in [-0.39, 0.29) is 41.2 Å². The van der Waals surface area contributed by atoms with Crippen LogP contribution in [0, 0.1) is 5.82 Å². The second-order valence-electron chi connectivity index (χ2n) is 7.87. The highest BCUT2D eigenvalue weighted by Crippen LogP contribution is 2.28. The number of halogens is 3. The Kier molecular flexibility index (Phi) is 7.55. The van der Waals surface area contributed by atoms with Crippen LogP contribution in [0.25, 0.3) is 11.0 Å². The molecule has 3 heterocycles. The molecule has 0 saturated heterocycles. The highest BCUT2D eigenvalue weighted by Gasteiger charge is 2.19. The largest absolute Gasteiger partial charge is 0.482 e. The van der Waals surface area contributed by atoms with E-state index in [1.807, 2.05) is 6.07 Å². The predicted molar refractivity (Wildman–Crippen MR) is 136 cm³/mol. The Morgan fingerprint density at radius 3 is 2.76 bits per heavy atom. The van der Waals surface area contributed by atoms with Crippen LogP contribution in [-0.4, -0.2) is 38.2 Å². The predicted octanol–water partition coefficient (Wildman–Crippen LogP) is 3.67. The van der Waals surface area contributed by atoms with Gasteiger partial charge in [-0.05, 0) is 47.5 Å². The molecular formula is C24H19Cl2FN6O4. The van der Waals surface area contributed by atoms with Crippen LogP contribution in [0.2, 0.25) is 5.02 Å². The minimum atomic E-state index is -0.646. The lowest BCUT2D eigenvalue weighted by Crippen LogP contribution is -2.26. The Labute approximate surface area is 219 Å². The number of carbonyl (C=O) groups is 3. The number of rotatable bonds is 4. The minimum absolute atomic E-state index is 0.00654. The molecule has 0 bridgehead atoms. The van der Waals surface area contributed by atoms with Gasteiger partial charge in [-0.3, -0.25) is 14.4 Å². The molecule has 4 aromatic rings. The van der Waals surface area contributed by atoms with E-state index in [1.54, 1.807) is 29.9 Å². The fourth-order valence-corrected chi connectivity index (χ4v) is 3.85. The third kappa shape index (κ3) is 5.79. The van der Waals surface area contributed by atoms with Crippen molar-refractivity contribution in [1.82, 2.24) is 19.9 Å². The van der Waals surface area contributed by atoms with Crippen molar-refractivity contribution in [2.45, 2.75) is 6.54 Å². The molecule has 0 aliphatic carbocycles. The third-order valence-electron chi connectivity index (χ3n) is 5.27. The summed E-state index contributed by atoms with van der Waals surface area (Å²) in [4.78, 5) is 42.7. The van der Waals surface area contributed by atoms with E-state index in [0.29, 0.717) is 28.2 Å². The summed E-state index contributed by atoms with van der Waals surface area (Å²) in [6.45, 7) is 0.278. The van der Waals surface area contributed by atoms with Crippen LogP contribution in [-0.2, 0) is 18.4 Å². The van der Waals surface area contributed by atoms with Gasteiger partial charge in [0.15, 0.2) is 12.3 Å². The van der Waals surface area contributed by atoms with Gasteiger partial charge in [-0.1, -0.05) is 17.7 Å². The van der Waals surface area contributed by atoms with Crippen molar-refractivity contribution in [3.05, 3.63) is 76.6 Å². The number of nitrogens with zero attached hydrogens (tertiary/aromatic N) is 3. The number of amides is 2. The van der Waals surface area contributed by atoms with Crippen LogP contribution in [0.15, 0.2) is 48.9 Å². The zero-order valence-corrected chi connectivity index (χ0v) is 20.7. The summed E-state index contributed by atoms with van der Waals surface area (Å²) < 4.78 is 19.5. The molecule has 1 aliphatic rings. The summed E-state index contributed by atoms with van der Waals surface area (Å²) in [6, 6.07) is 8.91. The van der Waals surface area contributed by atoms with Gasteiger partial charge in [-0.2, -0.15) is 0 Å². The molecule has 2 amide bonds. The Hall–Kier alpha value is -4.22. The summed E-state index contributed by atoms with van der Waals surface area (Å²) in [5.41, 5.74) is 9.36. The highest BCUT2D eigenvalue weighted by atomic mass is 35.5. The van der Waals surface area contributed by atoms with Gasteiger partial charge >= 0.3 is 0 Å². The Morgan fingerprint density at radius 2 is 2.03 bits per heavy atom. The number of aromatic nitrogens is 3. The van der Waals surface area contributed by atoms with Crippen LogP contribution in [0.1, 0.15) is 26.4 Å². The molecule has 0 radical (unpaired) electrons. The Bertz CT molecular complexity index is 1540. The molecule has 5 rings (SSSR count). The smallest absolute Gasteiger partial charge is 0.272 e. The molecule has 190 valence electrons. The quantitative estimate of drug-likeness (QED) is 0.333. The number of nitrogens with two attached hydrogens (primary N) is 1. The molecule has 0 saturated carbocycles. The van der Waals surface area contributed by atoms with Crippen molar-refractivity contribution < 1.29 is 23.5 Å². The number of fused-ring (bicyclic) bond motifs is 2. The van der Waals surface area contributed by atoms with Crippen molar-refractivity contribution in [1.29, 1.82) is 0 Å². The number of ether oxygens (including phenoxy) is 1. The van der Waals surface area contributed by atoms with E-state index in [2.05, 4.69) is 20.6 Å². The van der Waals surface area contributed by atoms with Crippen LogP contribution >= 0.6 is 23.2 Å². The van der Waals surface area contributed by atoms with E-state index in [0.717, 1.165) is 11.6 Å². The molecule has 0 unspecified atom stereocenters. The second kappa shape index (κ2) is 10.8. The minimum Gasteiger partial charge on any atom is -0.482 e. The number of benzene rings is 2. The van der Waals surface area contributed by atoms with Crippen molar-refractivity contribution in [3.8, 4) is 5.75 Å². The number of aryl methyl sites for hydroxylation is 1. The summed E-state index contributed by atoms with van der Waals surface area (Å²) in [6.07, 6.45) is 3.02. The van der Waals surface area contributed by atoms with Crippen molar-refractivity contribution in [2.75, 3.05) is 17.7 Å². The standard InChI is InChI=1S/C17H16N6O3.C7H3Cl2FO/c1-23-6-10(18)14-16(23)15(21-8-20-14)17(25)19-5-9-2-3-12-11(4-9)22-13(24)7-26-12;8-5-3-4(7(9)11)1-2-6(5)10/h2-4,6,8H,5,7,18H2,1H3,(H,19,25)(H,22,24);1-3H. The second-order valence-corrected chi connectivity index (χ2v) is 8.62.